The molecule has 1 aliphatic carbocycles. The number of amides is 1. The van der Waals surface area contributed by atoms with Gasteiger partial charge in [-0.1, -0.05) is 11.6 Å². The third kappa shape index (κ3) is 5.19. The third-order valence-corrected chi connectivity index (χ3v) is 7.64. The molecule has 3 aliphatic rings. The highest BCUT2D eigenvalue weighted by molar-refractivity contribution is 6.31. The van der Waals surface area contributed by atoms with Crippen LogP contribution >= 0.6 is 11.6 Å². The van der Waals surface area contributed by atoms with E-state index in [1.54, 1.807) is 18.7 Å². The van der Waals surface area contributed by atoms with Crippen molar-refractivity contribution in [1.82, 2.24) is 20.2 Å². The molecule has 8 nitrogen and oxygen atoms in total. The van der Waals surface area contributed by atoms with Gasteiger partial charge in [0.05, 0.1) is 35.1 Å². The van der Waals surface area contributed by atoms with Crippen LogP contribution in [0, 0.1) is 19.7 Å². The molecule has 1 aromatic heterocycles. The van der Waals surface area contributed by atoms with Gasteiger partial charge in [0.2, 0.25) is 0 Å². The molecule has 0 unspecified atom stereocenters. The summed E-state index contributed by atoms with van der Waals surface area (Å²) < 4.78 is 25.6. The van der Waals surface area contributed by atoms with E-state index in [0.717, 1.165) is 38.9 Å². The van der Waals surface area contributed by atoms with Crippen LogP contribution in [0.4, 0.5) is 4.39 Å². The standard InChI is InChI=1S/C26H31ClFN5O3/c1-14-24(27)15(2)31-25(30-14)21-12-33(13-22(21)29)26(34)20-4-3-16(28)9-23(20)36-19-10-18(11-19)32-17-5-7-35-8-6-17/h3-4,9,17-19,32H,5-8,10-13,29H2,1-2H3. The van der Waals surface area contributed by atoms with E-state index in [1.165, 1.54) is 18.2 Å². The number of benzene rings is 1. The molecule has 1 saturated carbocycles. The van der Waals surface area contributed by atoms with E-state index in [0.29, 0.717) is 51.2 Å². The topological polar surface area (TPSA) is 103 Å². The minimum Gasteiger partial charge on any atom is -0.489 e. The maximum atomic E-state index is 14.1. The van der Waals surface area contributed by atoms with Crippen LogP contribution in [0.25, 0.3) is 5.57 Å². The van der Waals surface area contributed by atoms with Gasteiger partial charge in [0.1, 0.15) is 17.7 Å². The second kappa shape index (κ2) is 10.3. The molecule has 0 atom stereocenters. The molecule has 192 valence electrons. The molecule has 0 spiro atoms. The van der Waals surface area contributed by atoms with E-state index in [9.17, 15) is 9.18 Å². The number of hydrogen-bond donors (Lipinski definition) is 2. The molecule has 5 rings (SSSR count). The van der Waals surface area contributed by atoms with Crippen molar-refractivity contribution in [3.63, 3.8) is 0 Å². The monoisotopic (exact) mass is 515 g/mol. The fourth-order valence-electron chi connectivity index (χ4n) is 4.96. The maximum absolute atomic E-state index is 14.1. The number of aromatic nitrogens is 2. The summed E-state index contributed by atoms with van der Waals surface area (Å²) in [6.07, 6.45) is 3.59. The summed E-state index contributed by atoms with van der Waals surface area (Å²) in [5.74, 6) is 0.00543. The Bertz CT molecular complexity index is 1170. The minimum absolute atomic E-state index is 0.0681. The van der Waals surface area contributed by atoms with Crippen LogP contribution in [0.5, 0.6) is 5.75 Å². The zero-order chi connectivity index (χ0) is 25.4. The quantitative estimate of drug-likeness (QED) is 0.608. The van der Waals surface area contributed by atoms with Crippen LogP contribution in [0.15, 0.2) is 23.9 Å². The predicted octanol–water partition coefficient (Wildman–Crippen LogP) is 3.39. The number of nitrogens with two attached hydrogens (primary N) is 1. The van der Waals surface area contributed by atoms with Crippen LogP contribution in [-0.4, -0.2) is 65.3 Å². The van der Waals surface area contributed by atoms with Gasteiger partial charge in [-0.25, -0.2) is 14.4 Å². The largest absolute Gasteiger partial charge is 0.489 e. The van der Waals surface area contributed by atoms with Crippen LogP contribution < -0.4 is 15.8 Å². The van der Waals surface area contributed by atoms with E-state index in [1.807, 2.05) is 0 Å². The normalized spacial score (nSPS) is 22.6. The summed E-state index contributed by atoms with van der Waals surface area (Å²) in [4.78, 5) is 24.0. The zero-order valence-corrected chi connectivity index (χ0v) is 21.3. The van der Waals surface area contributed by atoms with Crippen LogP contribution in [-0.2, 0) is 4.74 Å². The lowest BCUT2D eigenvalue weighted by Crippen LogP contribution is -2.51. The van der Waals surface area contributed by atoms with Gasteiger partial charge in [-0.2, -0.15) is 0 Å². The highest BCUT2D eigenvalue weighted by Gasteiger charge is 2.35. The first-order valence-corrected chi connectivity index (χ1v) is 12.7. The fourth-order valence-corrected chi connectivity index (χ4v) is 5.05. The Kier molecular flexibility index (Phi) is 7.14. The second-order valence-corrected chi connectivity index (χ2v) is 10.2. The number of carbonyl (C=O) groups excluding carboxylic acids is 1. The van der Waals surface area contributed by atoms with Gasteiger partial charge in [-0.05, 0) is 51.7 Å². The molecule has 3 N–H and O–H groups in total. The SMILES string of the molecule is Cc1nc(C2=C(N)CN(C(=O)c3ccc(F)cc3OC3CC(NC4CCOCC4)C3)C2)nc(C)c1Cl. The van der Waals surface area contributed by atoms with E-state index in [4.69, 9.17) is 26.8 Å². The lowest BCUT2D eigenvalue weighted by atomic mass is 9.88. The average Bonchev–Trinajstić information content (AvgIpc) is 3.23. The summed E-state index contributed by atoms with van der Waals surface area (Å²) in [5.41, 5.74) is 9.13. The Morgan fingerprint density at radius 3 is 2.56 bits per heavy atom. The summed E-state index contributed by atoms with van der Waals surface area (Å²) >= 11 is 6.21. The molecular formula is C26H31ClFN5O3. The van der Waals surface area contributed by atoms with Gasteiger partial charge < -0.3 is 25.4 Å². The zero-order valence-electron chi connectivity index (χ0n) is 20.5. The van der Waals surface area contributed by atoms with E-state index < -0.39 is 5.82 Å². The number of hydrogen-bond acceptors (Lipinski definition) is 7. The molecule has 36 heavy (non-hydrogen) atoms. The van der Waals surface area contributed by atoms with Crippen molar-refractivity contribution >= 4 is 23.1 Å². The molecule has 0 radical (unpaired) electrons. The first-order valence-electron chi connectivity index (χ1n) is 12.4. The molecule has 2 aromatic rings. The Balaban J connectivity index is 1.25. The van der Waals surface area contributed by atoms with Crippen molar-refractivity contribution in [1.29, 1.82) is 0 Å². The van der Waals surface area contributed by atoms with Gasteiger partial charge in [0.15, 0.2) is 5.82 Å². The van der Waals surface area contributed by atoms with Gasteiger partial charge in [-0.15, -0.1) is 0 Å². The van der Waals surface area contributed by atoms with Crippen molar-refractivity contribution < 1.29 is 18.7 Å². The number of carbonyl (C=O) groups is 1. The Morgan fingerprint density at radius 1 is 1.17 bits per heavy atom. The molecule has 1 aromatic carbocycles. The van der Waals surface area contributed by atoms with Crippen molar-refractivity contribution in [3.05, 3.63) is 57.5 Å². The number of ether oxygens (including phenoxy) is 2. The first-order chi connectivity index (χ1) is 17.3. The van der Waals surface area contributed by atoms with Crippen LogP contribution in [0.3, 0.4) is 0 Å². The summed E-state index contributed by atoms with van der Waals surface area (Å²) in [6.45, 7) is 5.68. The minimum atomic E-state index is -0.446. The molecule has 0 bridgehead atoms. The molecule has 3 heterocycles. The van der Waals surface area contributed by atoms with E-state index >= 15 is 0 Å². The van der Waals surface area contributed by atoms with Gasteiger partial charge in [0, 0.05) is 42.6 Å². The molecule has 2 aliphatic heterocycles. The van der Waals surface area contributed by atoms with Crippen LogP contribution in [0.2, 0.25) is 5.02 Å². The molecule has 10 heteroatoms. The number of aryl methyl sites for hydroxylation is 2. The van der Waals surface area contributed by atoms with Crippen molar-refractivity contribution in [2.45, 2.75) is 57.7 Å². The molecule has 2 fully saturated rings. The summed E-state index contributed by atoms with van der Waals surface area (Å²) in [6, 6.07) is 4.87. The smallest absolute Gasteiger partial charge is 0.258 e. The van der Waals surface area contributed by atoms with Gasteiger partial charge in [0.25, 0.3) is 5.91 Å². The molecule has 1 amide bonds. The van der Waals surface area contributed by atoms with Crippen molar-refractivity contribution in [2.75, 3.05) is 26.3 Å². The maximum Gasteiger partial charge on any atom is 0.258 e. The van der Waals surface area contributed by atoms with E-state index in [2.05, 4.69) is 15.3 Å². The highest BCUT2D eigenvalue weighted by atomic mass is 35.5. The molecular weight excluding hydrogens is 485 g/mol. The lowest BCUT2D eigenvalue weighted by molar-refractivity contribution is 0.0464. The summed E-state index contributed by atoms with van der Waals surface area (Å²) in [5, 5.41) is 4.16. The van der Waals surface area contributed by atoms with Gasteiger partial charge >= 0.3 is 0 Å². The lowest BCUT2D eigenvalue weighted by Gasteiger charge is -2.39. The predicted molar refractivity (Wildman–Crippen MR) is 134 cm³/mol. The first kappa shape index (κ1) is 24.9. The highest BCUT2D eigenvalue weighted by Crippen LogP contribution is 2.32. The summed E-state index contributed by atoms with van der Waals surface area (Å²) in [7, 11) is 0. The molecule has 1 saturated heterocycles. The van der Waals surface area contributed by atoms with Crippen LogP contribution in [0.1, 0.15) is 53.3 Å². The second-order valence-electron chi connectivity index (χ2n) is 9.80. The van der Waals surface area contributed by atoms with E-state index in [-0.39, 0.29) is 30.9 Å². The van der Waals surface area contributed by atoms with Crippen molar-refractivity contribution in [3.8, 4) is 5.75 Å². The fraction of sp³-hybridized carbons (Fsp3) is 0.500. The Hall–Kier alpha value is -2.75. The average molecular weight is 516 g/mol. The van der Waals surface area contributed by atoms with Crippen molar-refractivity contribution in [2.24, 2.45) is 5.73 Å². The Morgan fingerprint density at radius 2 is 1.86 bits per heavy atom. The number of nitrogens with zero attached hydrogens (tertiary/aromatic N) is 3. The Labute approximate surface area is 215 Å². The third-order valence-electron chi connectivity index (χ3n) is 7.09. The number of rotatable bonds is 6. The number of halogens is 2. The number of nitrogens with one attached hydrogen (secondary N) is 1. The van der Waals surface area contributed by atoms with Gasteiger partial charge in [-0.3, -0.25) is 4.79 Å².